The Morgan fingerprint density at radius 1 is 0.322 bits per heavy atom. The number of carbonyl (C=O) groups excluding carboxylic acids is 4. The molecule has 8 aliphatic rings. The summed E-state index contributed by atoms with van der Waals surface area (Å²) in [7, 11) is 4.09. The number of rotatable bonds is 13. The third-order valence-electron chi connectivity index (χ3n) is 32.8. The molecule has 149 heavy (non-hydrogen) atoms. The van der Waals surface area contributed by atoms with Gasteiger partial charge in [0.15, 0.2) is 23.1 Å². The molecule has 0 radical (unpaired) electrons. The van der Waals surface area contributed by atoms with Crippen LogP contribution in [0.25, 0.3) is 132 Å². The van der Waals surface area contributed by atoms with Crippen LogP contribution in [-0.2, 0) is 66.5 Å². The lowest BCUT2D eigenvalue weighted by Crippen LogP contribution is -2.46. The first-order valence-electron chi connectivity index (χ1n) is 51.1. The molecule has 0 saturated heterocycles. The first kappa shape index (κ1) is 97.7. The zero-order valence-corrected chi connectivity index (χ0v) is 85.1. The minimum absolute atomic E-state index is 0.0299. The van der Waals surface area contributed by atoms with Gasteiger partial charge in [0.1, 0.15) is 17.2 Å². The molecule has 734 valence electrons. The van der Waals surface area contributed by atoms with Gasteiger partial charge in [-0.25, -0.2) is 42.5 Å². The van der Waals surface area contributed by atoms with E-state index in [-0.39, 0.29) is 99.1 Å². The first-order valence-corrected chi connectivity index (χ1v) is 51.1. The van der Waals surface area contributed by atoms with E-state index in [4.69, 9.17) is 46.7 Å². The minimum Gasteiger partial charge on any atom is -0.378 e. The molecule has 24 rings (SSSR count). The van der Waals surface area contributed by atoms with Crippen LogP contribution in [0.5, 0.6) is 0 Å². The monoisotopic (exact) mass is 1950 g/mol. The summed E-state index contributed by atoms with van der Waals surface area (Å²) in [6, 6.07) is 94.5. The summed E-state index contributed by atoms with van der Waals surface area (Å²) >= 11 is 0. The topological polar surface area (TPSA) is 199 Å². The fourth-order valence-corrected chi connectivity index (χ4v) is 25.2. The highest BCUT2D eigenvalue weighted by atomic mass is 19.1. The van der Waals surface area contributed by atoms with E-state index in [0.29, 0.717) is 5.56 Å². The highest BCUT2D eigenvalue weighted by Crippen LogP contribution is 2.58. The maximum Gasteiger partial charge on any atom is 0.226 e. The van der Waals surface area contributed by atoms with Crippen molar-refractivity contribution >= 4 is 28.8 Å². The number of hydrogen-bond acceptors (Lipinski definition) is 12. The number of allylic oxidation sites excluding steroid dienone is 8. The van der Waals surface area contributed by atoms with E-state index in [2.05, 4.69) is 241 Å². The van der Waals surface area contributed by atoms with Gasteiger partial charge in [0, 0.05) is 123 Å². The van der Waals surface area contributed by atoms with Crippen LogP contribution in [0.3, 0.4) is 0 Å². The van der Waals surface area contributed by atoms with Crippen molar-refractivity contribution in [3.63, 3.8) is 0 Å². The summed E-state index contributed by atoms with van der Waals surface area (Å²) in [5, 5.41) is 20.6. The maximum atomic E-state index is 13.7. The van der Waals surface area contributed by atoms with Gasteiger partial charge < -0.3 is 24.1 Å². The summed E-state index contributed by atoms with van der Waals surface area (Å²) in [6.45, 7) is 49.4. The predicted molar refractivity (Wildman–Crippen MR) is 582 cm³/mol. The lowest BCUT2D eigenvalue weighted by Gasteiger charge is -2.45. The van der Waals surface area contributed by atoms with Gasteiger partial charge in [-0.15, -0.1) is 0 Å². The van der Waals surface area contributed by atoms with E-state index < -0.39 is 21.7 Å². The van der Waals surface area contributed by atoms with Crippen LogP contribution in [-0.4, -0.2) is 91.3 Å². The highest BCUT2D eigenvalue weighted by Gasteiger charge is 2.56. The molecule has 0 unspecified atom stereocenters. The Hall–Kier alpha value is -17.4. The number of benzene rings is 9. The molecule has 16 aromatic rings. The van der Waals surface area contributed by atoms with Gasteiger partial charge in [-0.2, -0.15) is 20.4 Å². The lowest BCUT2D eigenvalue weighted by molar-refractivity contribution is -0.122. The van der Waals surface area contributed by atoms with Crippen molar-refractivity contribution in [3.05, 3.63) is 453 Å². The van der Waals surface area contributed by atoms with Crippen molar-refractivity contribution in [1.29, 1.82) is 0 Å². The third kappa shape index (κ3) is 17.4. The van der Waals surface area contributed by atoms with Crippen molar-refractivity contribution in [1.82, 2.24) is 54.1 Å². The number of pyridine rings is 3. The molecule has 9 aromatic carbocycles. The SMILES string of the molecule is [C-]#[N+]C1=C[C@@]2(C)c3c(c(-c4ccccc4)nn3-c3ccc(-c4ccc(C)cc4)cc3)CC[C@@H]2[C@@H](C)C1=O.[C-]#[N+]C1=C[C@@]2(C)c3c(c(-c4ccccc4)nn3-c3ccc(-c4ccc(N(C)C)cc4)cc3)CC[C@@H]2[C@@H](C)C1=O.[C-]#[N+]C1=C[C@@]2(C)c3c(c(-c4ccccn4)nn3-c3ccc(-c4ccccc4)cc3)CC[C@@H]2[C@@H](C)C1=O.[C-]#[N+]C1=C[C@@]2(C)c3c(c(-c4ccccn4)nn3-c3ccc(-c4cncc(F)c4)cc3)CC[C@@H]2[C@@H](C)C1=O. The number of Topliss-reactive ketones (excluding diaryl/α,β-unsaturated/α-hetero) is 4. The Balaban J connectivity index is 0.000000116. The Bertz CT molecular complexity index is 8260. The number of anilines is 1. The number of ketones is 4. The van der Waals surface area contributed by atoms with Gasteiger partial charge in [-0.05, 0) is 212 Å². The Kier molecular flexibility index (Phi) is 25.9. The number of fused-ring (bicyclic) bond motifs is 12. The van der Waals surface area contributed by atoms with Crippen LogP contribution in [0.4, 0.5) is 10.1 Å². The van der Waals surface area contributed by atoms with Crippen LogP contribution in [0.1, 0.15) is 132 Å². The zero-order chi connectivity index (χ0) is 104. The van der Waals surface area contributed by atoms with Crippen LogP contribution in [0, 0.1) is 86.4 Å². The predicted octanol–water partition coefficient (Wildman–Crippen LogP) is 26.9. The Labute approximate surface area is 868 Å². The average molecular weight is 1960 g/mol. The molecule has 0 amide bonds. The molecule has 0 spiro atoms. The first-order chi connectivity index (χ1) is 72.1. The zero-order valence-electron chi connectivity index (χ0n) is 85.1. The average Bonchev–Trinajstić information content (AvgIpc) is 1.60. The smallest absolute Gasteiger partial charge is 0.226 e. The van der Waals surface area contributed by atoms with Gasteiger partial charge in [0.25, 0.3) is 0 Å². The van der Waals surface area contributed by atoms with Crippen molar-refractivity contribution in [2.45, 2.75) is 135 Å². The summed E-state index contributed by atoms with van der Waals surface area (Å²) in [5.41, 5.74) is 30.0. The third-order valence-corrected chi connectivity index (χ3v) is 32.8. The molecule has 0 aliphatic heterocycles. The molecule has 7 aromatic heterocycles. The fourth-order valence-electron chi connectivity index (χ4n) is 25.2. The van der Waals surface area contributed by atoms with Gasteiger partial charge in [0.05, 0.1) is 101 Å². The van der Waals surface area contributed by atoms with E-state index >= 15 is 0 Å². The standard InChI is InChI=1S/C34H32N4O.C33H29N3O.C31H26N4O.C30H24FN5O/c1-22-29-20-19-28-31(25-9-7-6-8-10-25)36-38(33(28)34(29,2)21-30(35-3)32(22)39)27-17-13-24(14-18-27)23-11-15-26(16-12-23)37(4)5;1-21-10-12-23(13-11-21)24-14-16-26(17-15-24)36-32-27(30(35-36)25-8-6-5-7-9-25)18-19-28-22(2)31(37)29(34-4)20-33(28,32)3;1-20-25-17-16-24-28(26-11-7-8-18-33-26)34-35(30(24)31(25,2)19-27(32-3)29(20)36)23-14-12-22(13-15-23)21-9-5-4-6-10-21;1-18-24-12-11-23-27(25-6-4-5-13-34-25)35-36(29(23)30(24,2)15-26(32-3)28(18)37)22-9-7-19(8-10-22)20-14-21(31)17-33-16-20/h6-18,21-22,29H,19-20H2,1-2,4-5H3;5-17,20,22,28H,18-19H2,1-3H3;4-15,18-20,25H,16-17H2,1-2H3;4-10,13-18,24H,11-12H2,1-2H3/t22-,29-,34-;22-,28-,33-;20-,25-,31-;18-,24-,30-/m1111/s1. The van der Waals surface area contributed by atoms with Crippen LogP contribution in [0.2, 0.25) is 0 Å². The number of aromatic nitrogens is 11. The molecule has 0 saturated carbocycles. The number of halogens is 1. The van der Waals surface area contributed by atoms with Gasteiger partial charge in [0.2, 0.25) is 22.8 Å². The quantitative estimate of drug-likeness (QED) is 0.0991. The van der Waals surface area contributed by atoms with Gasteiger partial charge in [-0.1, -0.05) is 273 Å². The summed E-state index contributed by atoms with van der Waals surface area (Å²) in [6.07, 6.45) is 20.8. The molecule has 7 heterocycles. The molecule has 0 fully saturated rings. The molecule has 0 N–H and O–H groups in total. The normalized spacial score (nSPS) is 22.4. The van der Waals surface area contributed by atoms with E-state index in [0.717, 1.165) is 187 Å². The molecule has 12 atom stereocenters. The largest absolute Gasteiger partial charge is 0.378 e. The molecular formula is C128H111FN16O4. The van der Waals surface area contributed by atoms with E-state index in [1.807, 2.05) is 191 Å². The molecule has 0 bridgehead atoms. The van der Waals surface area contributed by atoms with Crippen molar-refractivity contribution < 1.29 is 23.6 Å². The van der Waals surface area contributed by atoms with Crippen LogP contribution < -0.4 is 4.90 Å². The molecular weight excluding hydrogens is 1840 g/mol. The van der Waals surface area contributed by atoms with Crippen LogP contribution >= 0.6 is 0 Å². The van der Waals surface area contributed by atoms with E-state index in [1.165, 1.54) is 40.2 Å². The number of hydrogen-bond donors (Lipinski definition) is 0. The minimum atomic E-state index is -0.550. The van der Waals surface area contributed by atoms with Gasteiger partial charge >= 0.3 is 0 Å². The fraction of sp³-hybridized carbons (Fsp3) is 0.242. The van der Waals surface area contributed by atoms with E-state index in [1.54, 1.807) is 18.6 Å². The van der Waals surface area contributed by atoms with Gasteiger partial charge in [-0.3, -0.25) is 15.0 Å². The lowest BCUT2D eigenvalue weighted by atomic mass is 9.58. The molecule has 21 heteroatoms. The number of carbonyl (C=O) groups is 4. The second-order valence-electron chi connectivity index (χ2n) is 41.7. The van der Waals surface area contributed by atoms with Crippen molar-refractivity contribution in [2.24, 2.45) is 47.3 Å². The van der Waals surface area contributed by atoms with E-state index in [9.17, 15) is 23.6 Å². The van der Waals surface area contributed by atoms with Crippen molar-refractivity contribution in [2.75, 3.05) is 19.0 Å². The molecule has 20 nitrogen and oxygen atoms in total. The summed E-state index contributed by atoms with van der Waals surface area (Å²) < 4.78 is 21.9. The maximum absolute atomic E-state index is 13.7. The van der Waals surface area contributed by atoms with Crippen LogP contribution in [0.15, 0.2) is 351 Å². The Morgan fingerprint density at radius 2 is 0.584 bits per heavy atom. The summed E-state index contributed by atoms with van der Waals surface area (Å²) in [4.78, 5) is 81.4. The number of aryl methyl sites for hydroxylation is 1. The highest BCUT2D eigenvalue weighted by molar-refractivity contribution is 6.03. The number of nitrogens with zero attached hydrogens (tertiary/aromatic N) is 16. The second-order valence-corrected chi connectivity index (χ2v) is 41.7. The second kappa shape index (κ2) is 39.5. The van der Waals surface area contributed by atoms with Crippen molar-refractivity contribution in [3.8, 4) is 113 Å². The Morgan fingerprint density at radius 3 is 0.866 bits per heavy atom. The summed E-state index contributed by atoms with van der Waals surface area (Å²) in [5.74, 6) is -1.01. The molecule has 8 aliphatic carbocycles.